The average molecular weight is 982 g/mol. The van der Waals surface area contributed by atoms with E-state index in [0.717, 1.165) is 50.6 Å². The van der Waals surface area contributed by atoms with Crippen LogP contribution in [0.4, 0.5) is 17.1 Å². The second-order valence-electron chi connectivity index (χ2n) is 20.6. The zero-order valence-electron chi connectivity index (χ0n) is 41.9. The van der Waals surface area contributed by atoms with Crippen molar-refractivity contribution in [3.63, 3.8) is 0 Å². The molecule has 1 aliphatic heterocycles. The first-order valence-corrected chi connectivity index (χ1v) is 26.6. The van der Waals surface area contributed by atoms with Gasteiger partial charge in [-0.05, 0) is 143 Å². The molecular formula is C74H47NO2. The van der Waals surface area contributed by atoms with E-state index < -0.39 is 10.8 Å². The van der Waals surface area contributed by atoms with Crippen molar-refractivity contribution in [3.8, 4) is 78.6 Å². The lowest BCUT2D eigenvalue weighted by molar-refractivity contribution is 0.360. The molecule has 0 radical (unpaired) electrons. The van der Waals surface area contributed by atoms with Crippen LogP contribution in [0, 0.1) is 0 Å². The van der Waals surface area contributed by atoms with E-state index in [-0.39, 0.29) is 0 Å². The molecule has 360 valence electrons. The highest BCUT2D eigenvalue weighted by molar-refractivity contribution is 5.98. The van der Waals surface area contributed by atoms with Gasteiger partial charge in [0.1, 0.15) is 0 Å². The van der Waals surface area contributed by atoms with Crippen molar-refractivity contribution in [1.29, 1.82) is 0 Å². The van der Waals surface area contributed by atoms with Crippen LogP contribution in [0.25, 0.3) is 55.6 Å². The molecule has 0 saturated carbocycles. The number of anilines is 3. The van der Waals surface area contributed by atoms with Crippen molar-refractivity contribution in [1.82, 2.24) is 0 Å². The maximum atomic E-state index is 7.26. The molecule has 4 aliphatic rings. The van der Waals surface area contributed by atoms with E-state index in [4.69, 9.17) is 9.47 Å². The van der Waals surface area contributed by atoms with Crippen molar-refractivity contribution in [2.45, 2.75) is 10.8 Å². The highest BCUT2D eigenvalue weighted by Crippen LogP contribution is 2.66. The predicted molar refractivity (Wildman–Crippen MR) is 312 cm³/mol. The lowest BCUT2D eigenvalue weighted by Crippen LogP contribution is -2.28. The van der Waals surface area contributed by atoms with Gasteiger partial charge in [0.2, 0.25) is 0 Å². The fraction of sp³-hybridized carbons (Fsp3) is 0.0270. The molecule has 77 heavy (non-hydrogen) atoms. The Kier molecular flexibility index (Phi) is 9.47. The lowest BCUT2D eigenvalue weighted by atomic mass is 9.67. The Bertz CT molecular complexity index is 4230. The first-order chi connectivity index (χ1) is 38.2. The Hall–Kier alpha value is -9.96. The van der Waals surface area contributed by atoms with E-state index in [2.05, 4.69) is 284 Å². The molecule has 0 unspecified atom stereocenters. The minimum atomic E-state index is -0.494. The summed E-state index contributed by atoms with van der Waals surface area (Å²) in [5, 5.41) is 0. The number of nitrogens with zero attached hydrogens (tertiary/aromatic N) is 1. The van der Waals surface area contributed by atoms with E-state index in [9.17, 15) is 0 Å². The van der Waals surface area contributed by atoms with E-state index in [1.54, 1.807) is 0 Å². The molecule has 3 aliphatic carbocycles. The number of benzene rings is 12. The first-order valence-electron chi connectivity index (χ1n) is 26.6. The van der Waals surface area contributed by atoms with Crippen molar-refractivity contribution in [2.75, 3.05) is 4.90 Å². The van der Waals surface area contributed by atoms with Gasteiger partial charge in [0.05, 0.1) is 16.5 Å². The van der Waals surface area contributed by atoms with Crippen LogP contribution >= 0.6 is 0 Å². The van der Waals surface area contributed by atoms with Gasteiger partial charge < -0.3 is 14.4 Å². The summed E-state index contributed by atoms with van der Waals surface area (Å²) >= 11 is 0. The number of rotatable bonds is 7. The summed E-state index contributed by atoms with van der Waals surface area (Å²) < 4.78 is 14.1. The zero-order valence-corrected chi connectivity index (χ0v) is 41.9. The van der Waals surface area contributed by atoms with Gasteiger partial charge in [-0.25, -0.2) is 0 Å². The fourth-order valence-corrected chi connectivity index (χ4v) is 13.6. The Morgan fingerprint density at radius 2 is 0.675 bits per heavy atom. The van der Waals surface area contributed by atoms with Crippen LogP contribution < -0.4 is 14.4 Å². The molecule has 0 fully saturated rings. The van der Waals surface area contributed by atoms with Gasteiger partial charge in [-0.3, -0.25) is 0 Å². The van der Waals surface area contributed by atoms with Crippen LogP contribution in [0.5, 0.6) is 23.0 Å². The molecular weight excluding hydrogens is 935 g/mol. The van der Waals surface area contributed by atoms with E-state index in [0.29, 0.717) is 17.2 Å². The Morgan fingerprint density at radius 1 is 0.247 bits per heavy atom. The third-order valence-electron chi connectivity index (χ3n) is 16.8. The van der Waals surface area contributed by atoms with E-state index >= 15 is 0 Å². The van der Waals surface area contributed by atoms with Crippen molar-refractivity contribution >= 4 is 17.1 Å². The minimum Gasteiger partial charge on any atom is -0.449 e. The summed E-state index contributed by atoms with van der Waals surface area (Å²) in [4.78, 5) is 2.32. The third-order valence-corrected chi connectivity index (χ3v) is 16.8. The smallest absolute Gasteiger partial charge is 0.178 e. The van der Waals surface area contributed by atoms with Crippen LogP contribution in [0.15, 0.2) is 285 Å². The van der Waals surface area contributed by atoms with Crippen LogP contribution in [0.3, 0.4) is 0 Å². The Balaban J connectivity index is 0.812. The normalized spacial score (nSPS) is 13.9. The summed E-state index contributed by atoms with van der Waals surface area (Å²) in [7, 11) is 0. The topological polar surface area (TPSA) is 21.7 Å². The van der Waals surface area contributed by atoms with Gasteiger partial charge in [0, 0.05) is 23.0 Å². The van der Waals surface area contributed by atoms with Gasteiger partial charge in [-0.15, -0.1) is 0 Å². The largest absolute Gasteiger partial charge is 0.449 e. The molecule has 1 heterocycles. The SMILES string of the molecule is c1ccc(-c2ccc(N(c3ccc(-c4ccc5c(c4)C(c4ccccc4)(c4ccccc4)c4ccccc4-5)cc3)c3ccc4c(c3)Oc3c(ccc5c3-c3ccccc3C53c5ccccc5-c5ccccc53)O4)cc2)cc1. The highest BCUT2D eigenvalue weighted by Gasteiger charge is 2.53. The number of fused-ring (bicyclic) bond motifs is 16. The molecule has 0 bridgehead atoms. The Morgan fingerprint density at radius 3 is 1.26 bits per heavy atom. The first kappa shape index (κ1) is 43.4. The second kappa shape index (κ2) is 16.8. The van der Waals surface area contributed by atoms with E-state index in [1.807, 2.05) is 6.07 Å². The monoisotopic (exact) mass is 981 g/mol. The molecule has 0 N–H and O–H groups in total. The zero-order chi connectivity index (χ0) is 50.7. The van der Waals surface area contributed by atoms with Crippen molar-refractivity contribution in [2.24, 2.45) is 0 Å². The molecule has 1 spiro atoms. The summed E-state index contributed by atoms with van der Waals surface area (Å²) in [6, 6.07) is 104. The van der Waals surface area contributed by atoms with Crippen LogP contribution in [-0.2, 0) is 10.8 Å². The molecule has 0 aromatic heterocycles. The maximum Gasteiger partial charge on any atom is 0.178 e. The van der Waals surface area contributed by atoms with Crippen LogP contribution in [-0.4, -0.2) is 0 Å². The summed E-state index contributed by atoms with van der Waals surface area (Å²) in [6.45, 7) is 0. The van der Waals surface area contributed by atoms with Gasteiger partial charge in [-0.2, -0.15) is 0 Å². The van der Waals surface area contributed by atoms with Crippen LogP contribution in [0.1, 0.15) is 44.5 Å². The molecule has 16 rings (SSSR count). The molecule has 0 atom stereocenters. The fourth-order valence-electron chi connectivity index (χ4n) is 13.6. The van der Waals surface area contributed by atoms with Gasteiger partial charge in [0.15, 0.2) is 23.0 Å². The number of hydrogen-bond donors (Lipinski definition) is 0. The quantitative estimate of drug-likeness (QED) is 0.159. The van der Waals surface area contributed by atoms with Crippen molar-refractivity contribution < 1.29 is 9.47 Å². The van der Waals surface area contributed by atoms with Gasteiger partial charge >= 0.3 is 0 Å². The predicted octanol–water partition coefficient (Wildman–Crippen LogP) is 19.1. The van der Waals surface area contributed by atoms with Gasteiger partial charge in [0.25, 0.3) is 0 Å². The van der Waals surface area contributed by atoms with E-state index in [1.165, 1.54) is 72.3 Å². The lowest BCUT2D eigenvalue weighted by Gasteiger charge is -2.34. The van der Waals surface area contributed by atoms with Gasteiger partial charge in [-0.1, -0.05) is 231 Å². The summed E-state index contributed by atoms with van der Waals surface area (Å²) in [6.07, 6.45) is 0. The number of ether oxygens (including phenoxy) is 2. The highest BCUT2D eigenvalue weighted by atomic mass is 16.6. The molecule has 0 amide bonds. The van der Waals surface area contributed by atoms with Crippen LogP contribution in [0.2, 0.25) is 0 Å². The Labute approximate surface area is 448 Å². The average Bonchev–Trinajstić information content (AvgIpc) is 4.25. The number of hydrogen-bond acceptors (Lipinski definition) is 3. The standard InChI is InChI=1S/C74H47NO2/c1-4-18-48(19-5-1)49-32-37-54(38-33-49)75(55-39-34-50(35-40-55)51-36-42-60-59-26-10-14-28-62(59)73(67(60)46-51,52-20-6-2-7-21-52)53-22-8-3-9-23-53)56-41-44-68-70(47-56)77-72-69(76-68)45-43-66-71(72)61-27-13-17-31-65(61)74(66)63-29-15-11-24-57(63)58-25-12-16-30-64(58)74/h1-47H. The summed E-state index contributed by atoms with van der Waals surface area (Å²) in [5.41, 5.74) is 24.1. The summed E-state index contributed by atoms with van der Waals surface area (Å²) in [5.74, 6) is 2.78. The minimum absolute atomic E-state index is 0.482. The molecule has 12 aromatic rings. The molecule has 12 aromatic carbocycles. The third kappa shape index (κ3) is 6.20. The van der Waals surface area contributed by atoms with Crippen molar-refractivity contribution in [3.05, 3.63) is 330 Å². The molecule has 3 heteroatoms. The second-order valence-corrected chi connectivity index (χ2v) is 20.6. The maximum absolute atomic E-state index is 7.26. The molecule has 3 nitrogen and oxygen atoms in total. The molecule has 0 saturated heterocycles.